The van der Waals surface area contributed by atoms with Crippen LogP contribution in [0.3, 0.4) is 0 Å². The minimum Gasteiger partial charge on any atom is -0.494 e. The fraction of sp³-hybridized carbons (Fsp3) is 0.636. The van der Waals surface area contributed by atoms with Gasteiger partial charge >= 0.3 is 11.9 Å². The molecule has 0 aliphatic carbocycles. The monoisotopic (exact) mass is 378 g/mol. The van der Waals surface area contributed by atoms with Crippen LogP contribution in [0.15, 0.2) is 24.3 Å². The number of esters is 1. The number of ether oxygens (including phenoxy) is 2. The fourth-order valence-electron chi connectivity index (χ4n) is 2.75. The molecule has 5 nitrogen and oxygen atoms in total. The van der Waals surface area contributed by atoms with Crippen molar-refractivity contribution in [1.29, 1.82) is 0 Å². The molecular formula is C22H34O5. The molecule has 1 rings (SSSR count). The van der Waals surface area contributed by atoms with Gasteiger partial charge in [-0.3, -0.25) is 0 Å². The van der Waals surface area contributed by atoms with E-state index in [0.29, 0.717) is 17.9 Å². The lowest BCUT2D eigenvalue weighted by Crippen LogP contribution is -2.23. The molecule has 0 aliphatic rings. The maximum Gasteiger partial charge on any atom is 0.344 e. The van der Waals surface area contributed by atoms with Gasteiger partial charge in [-0.2, -0.15) is 0 Å². The van der Waals surface area contributed by atoms with Crippen LogP contribution in [-0.4, -0.2) is 29.8 Å². The van der Waals surface area contributed by atoms with E-state index in [2.05, 4.69) is 6.92 Å². The average molecular weight is 379 g/mol. The minimum absolute atomic E-state index is 0.314. The van der Waals surface area contributed by atoms with Gasteiger partial charge in [0, 0.05) is 0 Å². The summed E-state index contributed by atoms with van der Waals surface area (Å²) in [4.78, 5) is 22.5. The second-order valence-corrected chi connectivity index (χ2v) is 6.94. The molecule has 5 heteroatoms. The van der Waals surface area contributed by atoms with Crippen LogP contribution < -0.4 is 4.74 Å². The zero-order valence-corrected chi connectivity index (χ0v) is 16.7. The summed E-state index contributed by atoms with van der Waals surface area (Å²) in [6.07, 6.45) is 11.7. The average Bonchev–Trinajstić information content (AvgIpc) is 2.66. The van der Waals surface area contributed by atoms with Crippen molar-refractivity contribution in [2.45, 2.75) is 84.2 Å². The van der Waals surface area contributed by atoms with Gasteiger partial charge in [-0.05, 0) is 37.6 Å². The lowest BCUT2D eigenvalue weighted by Gasteiger charge is -2.10. The highest BCUT2D eigenvalue weighted by Gasteiger charge is 2.17. The van der Waals surface area contributed by atoms with Crippen molar-refractivity contribution in [3.63, 3.8) is 0 Å². The third-order valence-electron chi connectivity index (χ3n) is 4.49. The van der Waals surface area contributed by atoms with Crippen LogP contribution in [-0.2, 0) is 9.53 Å². The number of hydrogen-bond donors (Lipinski definition) is 1. The van der Waals surface area contributed by atoms with E-state index < -0.39 is 18.0 Å². The van der Waals surface area contributed by atoms with Gasteiger partial charge in [-0.25, -0.2) is 9.59 Å². The van der Waals surface area contributed by atoms with Crippen LogP contribution in [0.5, 0.6) is 5.75 Å². The summed E-state index contributed by atoms with van der Waals surface area (Å²) < 4.78 is 10.5. The first-order chi connectivity index (χ1) is 13.0. The van der Waals surface area contributed by atoms with E-state index in [1.807, 2.05) is 0 Å². The summed E-state index contributed by atoms with van der Waals surface area (Å²) >= 11 is 0. The number of benzene rings is 1. The lowest BCUT2D eigenvalue weighted by molar-refractivity contribution is -0.146. The summed E-state index contributed by atoms with van der Waals surface area (Å²) in [5.41, 5.74) is 0.314. The van der Waals surface area contributed by atoms with Gasteiger partial charge in [0.05, 0.1) is 12.2 Å². The summed E-state index contributed by atoms with van der Waals surface area (Å²) in [6, 6.07) is 6.59. The molecule has 0 radical (unpaired) electrons. The van der Waals surface area contributed by atoms with Crippen LogP contribution in [0.4, 0.5) is 0 Å². The predicted octanol–water partition coefficient (Wildman–Crippen LogP) is 5.62. The number of carbonyl (C=O) groups is 2. The van der Waals surface area contributed by atoms with Crippen molar-refractivity contribution in [2.24, 2.45) is 0 Å². The molecule has 0 aromatic heterocycles. The Morgan fingerprint density at radius 1 is 0.889 bits per heavy atom. The van der Waals surface area contributed by atoms with Crippen molar-refractivity contribution in [3.05, 3.63) is 29.8 Å². The molecule has 27 heavy (non-hydrogen) atoms. The van der Waals surface area contributed by atoms with Crippen LogP contribution in [0, 0.1) is 0 Å². The second-order valence-electron chi connectivity index (χ2n) is 6.94. The van der Waals surface area contributed by atoms with Crippen molar-refractivity contribution >= 4 is 11.9 Å². The molecule has 1 aromatic rings. The van der Waals surface area contributed by atoms with Gasteiger partial charge < -0.3 is 14.6 Å². The maximum absolute atomic E-state index is 11.8. The fourth-order valence-corrected chi connectivity index (χ4v) is 2.75. The number of carboxylic acids is 1. The Labute approximate surface area is 163 Å². The molecule has 1 N–H and O–H groups in total. The van der Waals surface area contributed by atoms with E-state index in [-0.39, 0.29) is 0 Å². The smallest absolute Gasteiger partial charge is 0.344 e. The molecular weight excluding hydrogens is 344 g/mol. The topological polar surface area (TPSA) is 72.8 Å². The molecule has 0 saturated heterocycles. The standard InChI is InChI=1S/C22H34O5/c1-3-4-5-6-7-8-9-10-11-12-17-26-20-15-13-19(14-16-20)22(25)27-18(2)21(23)24/h13-16,18H,3-12,17H2,1-2H3,(H,23,24)/t18-/m0/s1. The molecule has 0 saturated carbocycles. The molecule has 0 bridgehead atoms. The van der Waals surface area contributed by atoms with Crippen LogP contribution in [0.1, 0.15) is 88.4 Å². The van der Waals surface area contributed by atoms with Crippen LogP contribution >= 0.6 is 0 Å². The normalized spacial score (nSPS) is 11.8. The van der Waals surface area contributed by atoms with Gasteiger partial charge in [0.2, 0.25) is 0 Å². The van der Waals surface area contributed by atoms with Crippen molar-refractivity contribution in [2.75, 3.05) is 6.61 Å². The third kappa shape index (κ3) is 10.6. The zero-order valence-electron chi connectivity index (χ0n) is 16.7. The number of unbranched alkanes of at least 4 members (excludes halogenated alkanes) is 9. The largest absolute Gasteiger partial charge is 0.494 e. The maximum atomic E-state index is 11.8. The van der Waals surface area contributed by atoms with Gasteiger partial charge in [-0.1, -0.05) is 64.7 Å². The molecule has 0 amide bonds. The first kappa shape index (κ1) is 23.0. The van der Waals surface area contributed by atoms with E-state index in [4.69, 9.17) is 14.6 Å². The van der Waals surface area contributed by atoms with Crippen LogP contribution in [0.25, 0.3) is 0 Å². The van der Waals surface area contributed by atoms with Gasteiger partial charge in [0.25, 0.3) is 0 Å². The molecule has 1 atom stereocenters. The van der Waals surface area contributed by atoms with E-state index in [1.165, 1.54) is 64.7 Å². The number of carbonyl (C=O) groups excluding carboxylic acids is 1. The molecule has 0 heterocycles. The molecule has 0 fully saturated rings. The number of rotatable bonds is 15. The Balaban J connectivity index is 2.11. The Bertz CT molecular complexity index is 538. The summed E-state index contributed by atoms with van der Waals surface area (Å²) in [7, 11) is 0. The number of carboxylic acid groups (broad SMARTS) is 1. The molecule has 1 aromatic carbocycles. The van der Waals surface area contributed by atoms with E-state index in [9.17, 15) is 9.59 Å². The Hall–Kier alpha value is -2.04. The highest BCUT2D eigenvalue weighted by Crippen LogP contribution is 2.15. The third-order valence-corrected chi connectivity index (χ3v) is 4.49. The molecule has 0 spiro atoms. The lowest BCUT2D eigenvalue weighted by atomic mass is 10.1. The highest BCUT2D eigenvalue weighted by atomic mass is 16.6. The Morgan fingerprint density at radius 3 is 1.93 bits per heavy atom. The molecule has 0 unspecified atom stereocenters. The van der Waals surface area contributed by atoms with E-state index in [1.54, 1.807) is 24.3 Å². The first-order valence-electron chi connectivity index (χ1n) is 10.2. The Kier molecular flexibility index (Phi) is 12.0. The SMILES string of the molecule is CCCCCCCCCCCCOc1ccc(C(=O)O[C@@H](C)C(=O)O)cc1. The van der Waals surface area contributed by atoms with Crippen LogP contribution in [0.2, 0.25) is 0 Å². The summed E-state index contributed by atoms with van der Waals surface area (Å²) in [5.74, 6) is -1.11. The van der Waals surface area contributed by atoms with Gasteiger partial charge in [-0.15, -0.1) is 0 Å². The minimum atomic E-state index is -1.17. The van der Waals surface area contributed by atoms with Crippen molar-refractivity contribution in [3.8, 4) is 5.75 Å². The molecule has 152 valence electrons. The van der Waals surface area contributed by atoms with E-state index >= 15 is 0 Å². The number of hydrogen-bond acceptors (Lipinski definition) is 4. The summed E-state index contributed by atoms with van der Waals surface area (Å²) in [6.45, 7) is 4.23. The van der Waals surface area contributed by atoms with Gasteiger partial charge in [0.15, 0.2) is 6.10 Å². The molecule has 0 aliphatic heterocycles. The van der Waals surface area contributed by atoms with Crippen molar-refractivity contribution in [1.82, 2.24) is 0 Å². The highest BCUT2D eigenvalue weighted by molar-refractivity contribution is 5.91. The first-order valence-corrected chi connectivity index (χ1v) is 10.2. The van der Waals surface area contributed by atoms with Gasteiger partial charge in [0.1, 0.15) is 5.75 Å². The quantitative estimate of drug-likeness (QED) is 0.317. The van der Waals surface area contributed by atoms with E-state index in [0.717, 1.165) is 6.42 Å². The Morgan fingerprint density at radius 2 is 1.41 bits per heavy atom. The number of aliphatic carboxylic acids is 1. The predicted molar refractivity (Wildman–Crippen MR) is 106 cm³/mol. The summed E-state index contributed by atoms with van der Waals surface area (Å²) in [5, 5.41) is 8.76. The van der Waals surface area contributed by atoms with Crippen molar-refractivity contribution < 1.29 is 24.2 Å². The second kappa shape index (κ2) is 14.1. The zero-order chi connectivity index (χ0) is 19.9.